The molecule has 0 unspecified atom stereocenters. The van der Waals surface area contributed by atoms with E-state index in [0.29, 0.717) is 23.7 Å². The summed E-state index contributed by atoms with van der Waals surface area (Å²) in [5.41, 5.74) is 0.795. The van der Waals surface area contributed by atoms with Crippen LogP contribution >= 0.6 is 12.2 Å². The normalized spacial score (nSPS) is 10.5. The van der Waals surface area contributed by atoms with Crippen molar-refractivity contribution in [2.75, 3.05) is 6.61 Å². The van der Waals surface area contributed by atoms with Crippen molar-refractivity contribution >= 4 is 18.2 Å². The number of nitrogens with zero attached hydrogens (tertiary/aromatic N) is 1. The fourth-order valence-corrected chi connectivity index (χ4v) is 2.47. The number of rotatable bonds is 5. The van der Waals surface area contributed by atoms with E-state index in [1.165, 1.54) is 4.57 Å². The highest BCUT2D eigenvalue weighted by molar-refractivity contribution is 7.71. The molecule has 0 bridgehead atoms. The van der Waals surface area contributed by atoms with Gasteiger partial charge in [-0.05, 0) is 50.3 Å². The van der Waals surface area contributed by atoms with Gasteiger partial charge < -0.3 is 14.8 Å². The summed E-state index contributed by atoms with van der Waals surface area (Å²) in [7, 11) is 0. The molecule has 0 saturated carbocycles. The second-order valence-electron chi connectivity index (χ2n) is 4.67. The summed E-state index contributed by atoms with van der Waals surface area (Å²) in [6.45, 7) is 4.07. The van der Waals surface area contributed by atoms with Gasteiger partial charge in [-0.15, -0.1) is 0 Å². The highest BCUT2D eigenvalue weighted by Crippen LogP contribution is 2.15. The minimum absolute atomic E-state index is 0.190. The van der Waals surface area contributed by atoms with Gasteiger partial charge in [0.05, 0.1) is 18.7 Å². The highest BCUT2D eigenvalue weighted by Gasteiger charge is 2.14. The van der Waals surface area contributed by atoms with Crippen LogP contribution in [0.25, 0.3) is 5.69 Å². The summed E-state index contributed by atoms with van der Waals surface area (Å²) in [4.78, 5) is 26.3. The van der Waals surface area contributed by atoms with Crippen LogP contribution < -0.4 is 10.3 Å². The van der Waals surface area contributed by atoms with Gasteiger partial charge in [-0.1, -0.05) is 0 Å². The molecule has 0 aliphatic rings. The first kappa shape index (κ1) is 16.0. The predicted molar refractivity (Wildman–Crippen MR) is 84.5 cm³/mol. The molecule has 0 aliphatic carbocycles. The average molecular weight is 320 g/mol. The Bertz CT molecular complexity index is 806. The SMILES string of the molecule is CCOc1ccc(-n2c(=S)[nH]c(C)c(CC(=O)O)c2=O)cc1. The fraction of sp³-hybridized carbons (Fsp3) is 0.267. The summed E-state index contributed by atoms with van der Waals surface area (Å²) >= 11 is 5.20. The van der Waals surface area contributed by atoms with Crippen molar-refractivity contribution in [1.82, 2.24) is 9.55 Å². The molecule has 2 N–H and O–H groups in total. The topological polar surface area (TPSA) is 84.3 Å². The molecular weight excluding hydrogens is 304 g/mol. The number of aromatic nitrogens is 2. The fourth-order valence-electron chi connectivity index (χ4n) is 2.13. The van der Waals surface area contributed by atoms with Crippen molar-refractivity contribution in [2.24, 2.45) is 0 Å². The maximum atomic E-state index is 12.5. The lowest BCUT2D eigenvalue weighted by Gasteiger charge is -2.11. The van der Waals surface area contributed by atoms with E-state index in [-0.39, 0.29) is 16.8 Å². The van der Waals surface area contributed by atoms with Crippen molar-refractivity contribution in [3.05, 3.63) is 50.6 Å². The minimum atomic E-state index is -1.07. The van der Waals surface area contributed by atoms with Gasteiger partial charge in [0.25, 0.3) is 5.56 Å². The van der Waals surface area contributed by atoms with Crippen LogP contribution in [-0.4, -0.2) is 27.2 Å². The quantitative estimate of drug-likeness (QED) is 0.825. The van der Waals surface area contributed by atoms with Gasteiger partial charge in [-0.25, -0.2) is 0 Å². The second kappa shape index (κ2) is 6.57. The Morgan fingerprint density at radius 1 is 1.36 bits per heavy atom. The van der Waals surface area contributed by atoms with E-state index >= 15 is 0 Å². The van der Waals surface area contributed by atoms with E-state index in [1.54, 1.807) is 31.2 Å². The van der Waals surface area contributed by atoms with Gasteiger partial charge in [-0.3, -0.25) is 14.2 Å². The van der Waals surface area contributed by atoms with Gasteiger partial charge in [0.15, 0.2) is 4.77 Å². The Kier molecular flexibility index (Phi) is 4.77. The first-order valence-corrected chi connectivity index (χ1v) is 7.14. The zero-order valence-electron chi connectivity index (χ0n) is 12.3. The third-order valence-corrected chi connectivity index (χ3v) is 3.43. The standard InChI is InChI=1S/C15H16N2O4S/c1-3-21-11-6-4-10(5-7-11)17-14(20)12(8-13(18)19)9(2)16-15(17)22/h4-7H,3,8H2,1-2H3,(H,16,22)(H,18,19). The number of carboxylic acids is 1. The molecule has 0 fully saturated rings. The lowest BCUT2D eigenvalue weighted by Crippen LogP contribution is -2.27. The van der Waals surface area contributed by atoms with Crippen LogP contribution in [0.3, 0.4) is 0 Å². The monoisotopic (exact) mass is 320 g/mol. The lowest BCUT2D eigenvalue weighted by atomic mass is 10.1. The van der Waals surface area contributed by atoms with Gasteiger partial charge in [0, 0.05) is 11.3 Å². The van der Waals surface area contributed by atoms with Gasteiger partial charge in [-0.2, -0.15) is 0 Å². The summed E-state index contributed by atoms with van der Waals surface area (Å²) in [5, 5.41) is 8.94. The van der Waals surface area contributed by atoms with Gasteiger partial charge in [0.1, 0.15) is 5.75 Å². The van der Waals surface area contributed by atoms with Crippen LogP contribution in [-0.2, 0) is 11.2 Å². The van der Waals surface area contributed by atoms with Crippen LogP contribution in [0.15, 0.2) is 29.1 Å². The molecule has 0 saturated heterocycles. The largest absolute Gasteiger partial charge is 0.494 e. The Balaban J connectivity index is 2.57. The maximum absolute atomic E-state index is 12.5. The van der Waals surface area contributed by atoms with Crippen LogP contribution in [0, 0.1) is 11.7 Å². The van der Waals surface area contributed by atoms with Crippen LogP contribution in [0.5, 0.6) is 5.75 Å². The number of hydrogen-bond acceptors (Lipinski definition) is 4. The number of ether oxygens (including phenoxy) is 1. The molecule has 0 spiro atoms. The number of benzene rings is 1. The molecule has 0 amide bonds. The van der Waals surface area contributed by atoms with E-state index < -0.39 is 11.5 Å². The van der Waals surface area contributed by atoms with Gasteiger partial charge >= 0.3 is 5.97 Å². The molecule has 2 aromatic rings. The van der Waals surface area contributed by atoms with Crippen molar-refractivity contribution < 1.29 is 14.6 Å². The molecule has 2 rings (SSSR count). The number of hydrogen-bond donors (Lipinski definition) is 2. The zero-order valence-corrected chi connectivity index (χ0v) is 13.1. The number of aryl methyl sites for hydroxylation is 1. The highest BCUT2D eigenvalue weighted by atomic mass is 32.1. The molecule has 22 heavy (non-hydrogen) atoms. The molecule has 116 valence electrons. The van der Waals surface area contributed by atoms with Crippen molar-refractivity contribution in [2.45, 2.75) is 20.3 Å². The predicted octanol–water partition coefficient (Wildman–Crippen LogP) is 2.23. The Labute approximate surface area is 132 Å². The van der Waals surface area contributed by atoms with Crippen LogP contribution in [0.1, 0.15) is 18.2 Å². The number of carboxylic acid groups (broad SMARTS) is 1. The van der Waals surface area contributed by atoms with Gasteiger partial charge in [0.2, 0.25) is 0 Å². The third-order valence-electron chi connectivity index (χ3n) is 3.15. The van der Waals surface area contributed by atoms with E-state index in [0.717, 1.165) is 0 Å². The van der Waals surface area contributed by atoms with Crippen molar-refractivity contribution in [3.63, 3.8) is 0 Å². The van der Waals surface area contributed by atoms with E-state index in [2.05, 4.69) is 4.98 Å². The first-order chi connectivity index (χ1) is 10.4. The Morgan fingerprint density at radius 3 is 2.55 bits per heavy atom. The maximum Gasteiger partial charge on any atom is 0.308 e. The van der Waals surface area contributed by atoms with E-state index in [4.69, 9.17) is 22.1 Å². The van der Waals surface area contributed by atoms with Crippen molar-refractivity contribution in [1.29, 1.82) is 0 Å². The zero-order chi connectivity index (χ0) is 16.3. The smallest absolute Gasteiger partial charge is 0.308 e. The first-order valence-electron chi connectivity index (χ1n) is 6.74. The third kappa shape index (κ3) is 3.25. The number of aromatic amines is 1. The van der Waals surface area contributed by atoms with E-state index in [1.807, 2.05) is 6.92 Å². The molecule has 7 heteroatoms. The summed E-state index contributed by atoms with van der Waals surface area (Å²) in [6.07, 6.45) is -0.353. The second-order valence-corrected chi connectivity index (χ2v) is 5.06. The Morgan fingerprint density at radius 2 is 2.00 bits per heavy atom. The lowest BCUT2D eigenvalue weighted by molar-refractivity contribution is -0.136. The minimum Gasteiger partial charge on any atom is -0.494 e. The molecule has 1 aromatic carbocycles. The van der Waals surface area contributed by atoms with Crippen LogP contribution in [0.2, 0.25) is 0 Å². The Hall–Kier alpha value is -2.41. The number of aliphatic carboxylic acids is 1. The number of H-pyrrole nitrogens is 1. The summed E-state index contributed by atoms with van der Waals surface area (Å²) < 4.78 is 6.86. The van der Waals surface area contributed by atoms with E-state index in [9.17, 15) is 9.59 Å². The summed E-state index contributed by atoms with van der Waals surface area (Å²) in [5.74, 6) is -0.379. The average Bonchev–Trinajstić information content (AvgIpc) is 2.45. The molecule has 0 radical (unpaired) electrons. The summed E-state index contributed by atoms with van der Waals surface area (Å²) in [6, 6.07) is 6.87. The molecular formula is C15H16N2O4S. The van der Waals surface area contributed by atoms with Crippen LogP contribution in [0.4, 0.5) is 0 Å². The molecule has 6 nitrogen and oxygen atoms in total. The molecule has 0 aliphatic heterocycles. The number of carbonyl (C=O) groups is 1. The van der Waals surface area contributed by atoms with Crippen molar-refractivity contribution in [3.8, 4) is 11.4 Å². The molecule has 1 heterocycles. The molecule has 0 atom stereocenters. The molecule has 1 aromatic heterocycles. The number of nitrogens with one attached hydrogen (secondary N) is 1.